The fourth-order valence-corrected chi connectivity index (χ4v) is 5.47. The summed E-state index contributed by atoms with van der Waals surface area (Å²) in [5.41, 5.74) is 2.84. The van der Waals surface area contributed by atoms with Crippen molar-refractivity contribution in [2.45, 2.75) is 4.90 Å². The molecule has 5 rings (SSSR count). The van der Waals surface area contributed by atoms with Crippen molar-refractivity contribution in [2.24, 2.45) is 0 Å². The van der Waals surface area contributed by atoms with Gasteiger partial charge in [-0.15, -0.1) is 0 Å². The fourth-order valence-electron chi connectivity index (χ4n) is 3.80. The van der Waals surface area contributed by atoms with Crippen molar-refractivity contribution in [2.75, 3.05) is 7.11 Å². The molecule has 2 aromatic heterocycles. The van der Waals surface area contributed by atoms with Gasteiger partial charge in [0.05, 0.1) is 22.5 Å². The van der Waals surface area contributed by atoms with Gasteiger partial charge in [-0.1, -0.05) is 60.2 Å². The second kappa shape index (κ2) is 8.39. The number of halogens is 1. The summed E-state index contributed by atoms with van der Waals surface area (Å²) in [5.74, 6) is 0.797. The Morgan fingerprint density at radius 3 is 2.30 bits per heavy atom. The fraction of sp³-hybridized carbons (Fsp3) is 0.0385. The number of rotatable bonds is 5. The number of hydrogen-bond acceptors (Lipinski definition) is 4. The average Bonchev–Trinajstić information content (AvgIpc) is 3.17. The van der Waals surface area contributed by atoms with E-state index < -0.39 is 10.0 Å². The average molecular weight is 475 g/mol. The Labute approximate surface area is 196 Å². The summed E-state index contributed by atoms with van der Waals surface area (Å²) >= 11 is 6.22. The normalized spacial score (nSPS) is 12.1. The van der Waals surface area contributed by atoms with Gasteiger partial charge in [-0.25, -0.2) is 17.4 Å². The van der Waals surface area contributed by atoms with Gasteiger partial charge in [0.1, 0.15) is 5.75 Å². The van der Waals surface area contributed by atoms with Gasteiger partial charge in [0.15, 0.2) is 5.65 Å². The van der Waals surface area contributed by atoms with E-state index in [1.807, 2.05) is 48.6 Å². The molecule has 0 aliphatic carbocycles. The number of benzene rings is 3. The zero-order valence-corrected chi connectivity index (χ0v) is 19.2. The molecule has 0 saturated heterocycles. The molecule has 0 fully saturated rings. The molecule has 0 bridgehead atoms. The zero-order chi connectivity index (χ0) is 23.0. The molecule has 0 N–H and O–H groups in total. The third kappa shape index (κ3) is 3.88. The van der Waals surface area contributed by atoms with E-state index in [9.17, 15) is 8.42 Å². The van der Waals surface area contributed by atoms with Crippen molar-refractivity contribution in [3.05, 3.63) is 101 Å². The molecule has 2 heterocycles. The van der Waals surface area contributed by atoms with Crippen molar-refractivity contribution in [3.63, 3.8) is 0 Å². The van der Waals surface area contributed by atoms with Crippen LogP contribution in [0.3, 0.4) is 0 Å². The van der Waals surface area contributed by atoms with Crippen molar-refractivity contribution in [1.82, 2.24) is 8.96 Å². The summed E-state index contributed by atoms with van der Waals surface area (Å²) in [4.78, 5) is 4.57. The maximum Gasteiger partial charge on any atom is 0.269 e. The van der Waals surface area contributed by atoms with E-state index in [0.717, 1.165) is 22.3 Å². The summed E-state index contributed by atoms with van der Waals surface area (Å²) < 4.78 is 33.5. The minimum atomic E-state index is -3.86. The van der Waals surface area contributed by atoms with Crippen molar-refractivity contribution in [1.29, 1.82) is 0 Å². The molecule has 0 spiro atoms. The van der Waals surface area contributed by atoms with Crippen LogP contribution >= 0.6 is 11.6 Å². The summed E-state index contributed by atoms with van der Waals surface area (Å²) in [6.07, 6.45) is 5.43. The molecule has 33 heavy (non-hydrogen) atoms. The maximum atomic E-state index is 13.5. The Morgan fingerprint density at radius 1 is 0.879 bits per heavy atom. The van der Waals surface area contributed by atoms with Crippen LogP contribution in [0, 0.1) is 0 Å². The highest BCUT2D eigenvalue weighted by Gasteiger charge is 2.24. The van der Waals surface area contributed by atoms with Gasteiger partial charge in [0, 0.05) is 17.0 Å². The van der Waals surface area contributed by atoms with E-state index in [-0.39, 0.29) is 4.90 Å². The van der Waals surface area contributed by atoms with E-state index in [1.54, 1.807) is 49.6 Å². The zero-order valence-electron chi connectivity index (χ0n) is 17.6. The summed E-state index contributed by atoms with van der Waals surface area (Å²) in [7, 11) is -2.22. The monoisotopic (exact) mass is 474 g/mol. The van der Waals surface area contributed by atoms with Gasteiger partial charge >= 0.3 is 0 Å². The van der Waals surface area contributed by atoms with Crippen molar-refractivity contribution in [3.8, 4) is 5.75 Å². The number of hydrogen-bond donors (Lipinski definition) is 0. The Hall–Kier alpha value is -3.61. The van der Waals surface area contributed by atoms with Crippen LogP contribution in [0.5, 0.6) is 5.75 Å². The highest BCUT2D eigenvalue weighted by Crippen LogP contribution is 2.33. The van der Waals surface area contributed by atoms with Gasteiger partial charge in [-0.05, 0) is 53.6 Å². The lowest BCUT2D eigenvalue weighted by Gasteiger charge is -2.08. The first kappa shape index (κ1) is 21.2. The lowest BCUT2D eigenvalue weighted by Crippen LogP contribution is -2.13. The molecule has 5 nitrogen and oxygen atoms in total. The molecule has 0 saturated carbocycles. The molecule has 0 radical (unpaired) electrons. The van der Waals surface area contributed by atoms with Crippen LogP contribution in [-0.4, -0.2) is 24.5 Å². The lowest BCUT2D eigenvalue weighted by molar-refractivity contribution is 0.415. The Balaban J connectivity index is 1.67. The standard InChI is InChI=1S/C26H19ClN2O3S/c1-32-21-12-9-18(10-13-21)7-8-19-11-14-25-23(15-19)24-16-20(27)17-28-26(24)29(25)33(30,31)22-5-3-2-4-6-22/h2-17H,1H3. The summed E-state index contributed by atoms with van der Waals surface area (Å²) in [6, 6.07) is 23.5. The molecule has 0 amide bonds. The van der Waals surface area contributed by atoms with E-state index in [0.29, 0.717) is 21.6 Å². The minimum Gasteiger partial charge on any atom is -0.497 e. The molecule has 0 aliphatic heterocycles. The smallest absolute Gasteiger partial charge is 0.269 e. The van der Waals surface area contributed by atoms with Crippen molar-refractivity contribution >= 4 is 55.7 Å². The van der Waals surface area contributed by atoms with Crippen molar-refractivity contribution < 1.29 is 13.2 Å². The van der Waals surface area contributed by atoms with Crippen LogP contribution in [0.4, 0.5) is 0 Å². The first-order valence-electron chi connectivity index (χ1n) is 10.2. The highest BCUT2D eigenvalue weighted by molar-refractivity contribution is 7.90. The third-order valence-corrected chi connectivity index (χ3v) is 7.35. The predicted octanol–water partition coefficient (Wildman–Crippen LogP) is 6.26. The van der Waals surface area contributed by atoms with Gasteiger partial charge < -0.3 is 4.74 Å². The van der Waals surface area contributed by atoms with Gasteiger partial charge in [0.25, 0.3) is 10.0 Å². The van der Waals surface area contributed by atoms with Crippen LogP contribution in [0.1, 0.15) is 11.1 Å². The Bertz CT molecular complexity index is 1610. The van der Waals surface area contributed by atoms with E-state index in [4.69, 9.17) is 16.3 Å². The van der Waals surface area contributed by atoms with Gasteiger partial charge in [-0.2, -0.15) is 0 Å². The first-order valence-corrected chi connectivity index (χ1v) is 12.0. The second-order valence-electron chi connectivity index (χ2n) is 7.49. The number of ether oxygens (including phenoxy) is 1. The number of aromatic nitrogens is 2. The first-order chi connectivity index (χ1) is 16.0. The van der Waals surface area contributed by atoms with E-state index in [2.05, 4.69) is 4.98 Å². The Kier molecular flexibility index (Phi) is 5.40. The Morgan fingerprint density at radius 2 is 1.58 bits per heavy atom. The van der Waals surface area contributed by atoms with E-state index >= 15 is 0 Å². The molecule has 164 valence electrons. The van der Waals surface area contributed by atoms with Crippen LogP contribution < -0.4 is 4.74 Å². The molecule has 3 aromatic carbocycles. The third-order valence-electron chi connectivity index (χ3n) is 5.42. The minimum absolute atomic E-state index is 0.198. The molecule has 0 atom stereocenters. The summed E-state index contributed by atoms with van der Waals surface area (Å²) in [6.45, 7) is 0. The summed E-state index contributed by atoms with van der Waals surface area (Å²) in [5, 5.41) is 1.88. The SMILES string of the molecule is COc1ccc(C=Cc2ccc3c(c2)c2cc(Cl)cnc2n3S(=O)(=O)c2ccccc2)cc1. The topological polar surface area (TPSA) is 61.2 Å². The molecule has 0 aliphatic rings. The molecular weight excluding hydrogens is 456 g/mol. The predicted molar refractivity (Wildman–Crippen MR) is 133 cm³/mol. The molecule has 7 heteroatoms. The van der Waals surface area contributed by atoms with Crippen LogP contribution in [-0.2, 0) is 10.0 Å². The van der Waals surface area contributed by atoms with E-state index in [1.165, 1.54) is 10.2 Å². The quantitative estimate of drug-likeness (QED) is 0.282. The largest absolute Gasteiger partial charge is 0.497 e. The number of nitrogens with zero attached hydrogens (tertiary/aromatic N) is 2. The highest BCUT2D eigenvalue weighted by atomic mass is 35.5. The van der Waals surface area contributed by atoms with Crippen LogP contribution in [0.25, 0.3) is 34.1 Å². The number of methoxy groups -OCH3 is 1. The van der Waals surface area contributed by atoms with Crippen LogP contribution in [0.2, 0.25) is 5.02 Å². The van der Waals surface area contributed by atoms with Gasteiger partial charge in [0.2, 0.25) is 0 Å². The molecule has 5 aromatic rings. The maximum absolute atomic E-state index is 13.5. The second-order valence-corrected chi connectivity index (χ2v) is 9.71. The lowest BCUT2D eigenvalue weighted by atomic mass is 10.1. The van der Waals surface area contributed by atoms with Gasteiger partial charge in [-0.3, -0.25) is 0 Å². The number of pyridine rings is 1. The van der Waals surface area contributed by atoms with Crippen LogP contribution in [0.15, 0.2) is 90.0 Å². The molecular formula is C26H19ClN2O3S. The number of fused-ring (bicyclic) bond motifs is 3. The molecule has 0 unspecified atom stereocenters.